The molecule has 0 atom stereocenters. The first-order chi connectivity index (χ1) is 9.17. The van der Waals surface area contributed by atoms with Gasteiger partial charge in [-0.3, -0.25) is 0 Å². The van der Waals surface area contributed by atoms with Gasteiger partial charge in [-0.2, -0.15) is 0 Å². The molecule has 0 aliphatic rings. The van der Waals surface area contributed by atoms with Gasteiger partial charge in [-0.05, 0) is 31.1 Å². The van der Waals surface area contributed by atoms with Crippen molar-refractivity contribution in [3.05, 3.63) is 29.8 Å². The maximum Gasteiger partial charge on any atom is 0.328 e. The van der Waals surface area contributed by atoms with Crippen molar-refractivity contribution in [1.82, 2.24) is 0 Å². The predicted octanol–water partition coefficient (Wildman–Crippen LogP) is 3.36. The Kier molecular flexibility index (Phi) is 6.50. The number of hydrogen-bond donors (Lipinski definition) is 1. The van der Waals surface area contributed by atoms with Crippen LogP contribution in [0.5, 0.6) is 11.5 Å². The summed E-state index contributed by atoms with van der Waals surface area (Å²) in [5.74, 6) is 0.404. The van der Waals surface area contributed by atoms with E-state index in [-0.39, 0.29) is 0 Å². The van der Waals surface area contributed by atoms with Crippen LogP contribution in [-0.4, -0.2) is 24.3 Å². The van der Waals surface area contributed by atoms with Gasteiger partial charge in [0.25, 0.3) is 0 Å². The van der Waals surface area contributed by atoms with Crippen molar-refractivity contribution in [2.75, 3.05) is 13.2 Å². The highest BCUT2D eigenvalue weighted by molar-refractivity contribution is 5.86. The molecule has 0 aliphatic carbocycles. The van der Waals surface area contributed by atoms with E-state index >= 15 is 0 Å². The first-order valence-corrected chi connectivity index (χ1v) is 6.48. The summed E-state index contributed by atoms with van der Waals surface area (Å²) in [7, 11) is 0. The third-order valence-electron chi connectivity index (χ3n) is 2.33. The average molecular weight is 264 g/mol. The molecule has 0 amide bonds. The van der Waals surface area contributed by atoms with Crippen LogP contribution in [0.3, 0.4) is 0 Å². The Morgan fingerprint density at radius 3 is 2.53 bits per heavy atom. The minimum atomic E-state index is -0.979. The summed E-state index contributed by atoms with van der Waals surface area (Å²) >= 11 is 0. The number of ether oxygens (including phenoxy) is 2. The van der Waals surface area contributed by atoms with Crippen molar-refractivity contribution in [2.24, 2.45) is 0 Å². The van der Waals surface area contributed by atoms with E-state index in [1.54, 1.807) is 12.1 Å². The Morgan fingerprint density at radius 2 is 1.89 bits per heavy atom. The number of benzene rings is 1. The zero-order chi connectivity index (χ0) is 14.1. The summed E-state index contributed by atoms with van der Waals surface area (Å²) < 4.78 is 11.2. The second-order valence-electron chi connectivity index (χ2n) is 4.07. The molecule has 0 radical (unpaired) electrons. The largest absolute Gasteiger partial charge is 0.493 e. The van der Waals surface area contributed by atoms with Gasteiger partial charge in [0.2, 0.25) is 0 Å². The molecule has 4 nitrogen and oxygen atoms in total. The van der Waals surface area contributed by atoms with Crippen molar-refractivity contribution in [3.8, 4) is 11.5 Å². The Balaban J connectivity index is 2.91. The van der Waals surface area contributed by atoms with Gasteiger partial charge in [-0.1, -0.05) is 13.8 Å². The van der Waals surface area contributed by atoms with Crippen molar-refractivity contribution >= 4 is 12.0 Å². The number of carbonyl (C=O) groups is 1. The molecule has 0 aromatic heterocycles. The van der Waals surface area contributed by atoms with Crippen molar-refractivity contribution in [2.45, 2.75) is 26.7 Å². The third-order valence-corrected chi connectivity index (χ3v) is 2.33. The SMILES string of the molecule is CCCOc1ccc(C=CC(=O)O)c(OCCC)c1. The van der Waals surface area contributed by atoms with Crippen LogP contribution in [0.1, 0.15) is 32.3 Å². The fraction of sp³-hybridized carbons (Fsp3) is 0.400. The lowest BCUT2D eigenvalue weighted by Gasteiger charge is -2.11. The van der Waals surface area contributed by atoms with Gasteiger partial charge in [0.15, 0.2) is 0 Å². The van der Waals surface area contributed by atoms with E-state index < -0.39 is 5.97 Å². The molecule has 1 N–H and O–H groups in total. The smallest absolute Gasteiger partial charge is 0.328 e. The molecule has 0 spiro atoms. The summed E-state index contributed by atoms with van der Waals surface area (Å²) in [5, 5.41) is 8.66. The Morgan fingerprint density at radius 1 is 1.21 bits per heavy atom. The minimum absolute atomic E-state index is 0.588. The second kappa shape index (κ2) is 8.19. The lowest BCUT2D eigenvalue weighted by Crippen LogP contribution is -1.99. The van der Waals surface area contributed by atoms with Crippen LogP contribution < -0.4 is 9.47 Å². The van der Waals surface area contributed by atoms with Crippen LogP contribution in [0.15, 0.2) is 24.3 Å². The van der Waals surface area contributed by atoms with Crippen LogP contribution in [0.2, 0.25) is 0 Å². The van der Waals surface area contributed by atoms with E-state index in [9.17, 15) is 4.79 Å². The highest BCUT2D eigenvalue weighted by Gasteiger charge is 2.04. The molecule has 0 aliphatic heterocycles. The van der Waals surface area contributed by atoms with Gasteiger partial charge >= 0.3 is 5.97 Å². The fourth-order valence-electron chi connectivity index (χ4n) is 1.46. The Bertz CT molecular complexity index is 438. The molecular weight excluding hydrogens is 244 g/mol. The van der Waals surface area contributed by atoms with Gasteiger partial charge in [0.05, 0.1) is 13.2 Å². The van der Waals surface area contributed by atoms with E-state index in [1.165, 1.54) is 6.08 Å². The van der Waals surface area contributed by atoms with Crippen LogP contribution in [-0.2, 0) is 4.79 Å². The topological polar surface area (TPSA) is 55.8 Å². The summed E-state index contributed by atoms with van der Waals surface area (Å²) in [6, 6.07) is 5.41. The van der Waals surface area contributed by atoms with Crippen molar-refractivity contribution in [1.29, 1.82) is 0 Å². The molecule has 1 aromatic carbocycles. The normalized spacial score (nSPS) is 10.6. The quantitative estimate of drug-likeness (QED) is 0.731. The maximum absolute atomic E-state index is 10.6. The van der Waals surface area contributed by atoms with Crippen molar-refractivity contribution < 1.29 is 19.4 Å². The lowest BCUT2D eigenvalue weighted by atomic mass is 10.1. The van der Waals surface area contributed by atoms with E-state index in [0.29, 0.717) is 19.0 Å². The van der Waals surface area contributed by atoms with Crippen LogP contribution >= 0.6 is 0 Å². The molecule has 4 heteroatoms. The van der Waals surface area contributed by atoms with Crippen LogP contribution in [0, 0.1) is 0 Å². The zero-order valence-corrected chi connectivity index (χ0v) is 11.4. The monoisotopic (exact) mass is 264 g/mol. The average Bonchev–Trinajstić information content (AvgIpc) is 2.41. The van der Waals surface area contributed by atoms with Gasteiger partial charge in [0.1, 0.15) is 11.5 Å². The fourth-order valence-corrected chi connectivity index (χ4v) is 1.46. The van der Waals surface area contributed by atoms with E-state index in [2.05, 4.69) is 0 Å². The molecular formula is C15H20O4. The van der Waals surface area contributed by atoms with E-state index in [4.69, 9.17) is 14.6 Å². The first-order valence-electron chi connectivity index (χ1n) is 6.48. The number of carboxylic acid groups (broad SMARTS) is 1. The lowest BCUT2D eigenvalue weighted by molar-refractivity contribution is -0.131. The highest BCUT2D eigenvalue weighted by Crippen LogP contribution is 2.26. The maximum atomic E-state index is 10.6. The number of carboxylic acids is 1. The molecule has 1 aromatic rings. The van der Waals surface area contributed by atoms with Gasteiger partial charge < -0.3 is 14.6 Å². The number of rotatable bonds is 8. The van der Waals surface area contributed by atoms with Gasteiger partial charge in [-0.25, -0.2) is 4.79 Å². The van der Waals surface area contributed by atoms with Crippen molar-refractivity contribution in [3.63, 3.8) is 0 Å². The van der Waals surface area contributed by atoms with Gasteiger partial charge in [0, 0.05) is 17.7 Å². The standard InChI is InChI=1S/C15H20O4/c1-3-9-18-13-7-5-12(6-8-15(16)17)14(11-13)19-10-4-2/h5-8,11H,3-4,9-10H2,1-2H3,(H,16,17). The summed E-state index contributed by atoms with van der Waals surface area (Å²) in [6.07, 6.45) is 4.45. The Labute approximate surface area is 113 Å². The minimum Gasteiger partial charge on any atom is -0.493 e. The van der Waals surface area contributed by atoms with Gasteiger partial charge in [-0.15, -0.1) is 0 Å². The highest BCUT2D eigenvalue weighted by atomic mass is 16.5. The third kappa shape index (κ3) is 5.46. The summed E-state index contributed by atoms with van der Waals surface area (Å²) in [4.78, 5) is 10.6. The molecule has 0 heterocycles. The molecule has 0 unspecified atom stereocenters. The summed E-state index contributed by atoms with van der Waals surface area (Å²) in [5.41, 5.74) is 0.736. The molecule has 0 fully saturated rings. The van der Waals surface area contributed by atoms with E-state index in [0.717, 1.165) is 30.2 Å². The zero-order valence-electron chi connectivity index (χ0n) is 11.4. The first kappa shape index (κ1) is 15.1. The van der Waals surface area contributed by atoms with E-state index in [1.807, 2.05) is 19.9 Å². The molecule has 0 bridgehead atoms. The Hall–Kier alpha value is -1.97. The molecule has 19 heavy (non-hydrogen) atoms. The van der Waals surface area contributed by atoms with Crippen LogP contribution in [0.4, 0.5) is 0 Å². The molecule has 1 rings (SSSR count). The second-order valence-corrected chi connectivity index (χ2v) is 4.07. The molecule has 104 valence electrons. The number of aliphatic carboxylic acids is 1. The predicted molar refractivity (Wildman–Crippen MR) is 74.7 cm³/mol. The van der Waals surface area contributed by atoms with Crippen LogP contribution in [0.25, 0.3) is 6.08 Å². The number of hydrogen-bond acceptors (Lipinski definition) is 3. The molecule has 0 saturated carbocycles. The molecule has 0 saturated heterocycles. The summed E-state index contributed by atoms with van der Waals surface area (Å²) in [6.45, 7) is 5.30.